The molecule has 5 atom stereocenters. The number of pyridine rings is 5. The number of Topliss-reactive ketones (excluding diaryl/α,β-unsaturated/α-hetero) is 2. The minimum Gasteiger partial charge on any atom is -0.492 e. The van der Waals surface area contributed by atoms with Gasteiger partial charge in [0.1, 0.15) is 34.7 Å². The lowest BCUT2D eigenvalue weighted by molar-refractivity contribution is -0.182. The summed E-state index contributed by atoms with van der Waals surface area (Å²) in [6.45, 7) is 5.97. The molecule has 530 valence electrons. The third-order valence-corrected chi connectivity index (χ3v) is 18.2. The standard InChI is InChI=1S/C22H22F3N7O3.C22H23F3N6O3.C20H18F3N7O2/c1-11-2-3-14-18(26-11)29-30-19(14)28-21(35)32-13-6-7-31(9-13)16-5-4-15(27-20(16)32)17(34)8-12(10-33)22(23,24)25;1-12(22(23,24)25)27-20(32)15-4-5-16-19(28-15)31(14-6-7-30(16)11-14)21(33)29-18-9-13-3-2-8-34-17(13)10-26-18;21-20(22,23)6-3-16(31)13-1-2-15-17(26-13)30(11-5-8-29(15)10-11)19(32)28-18-25-9-14-12(27-18)4-7-24-14/h2-5,12-13,33H,6-10H2,1H3,(H2,26,28,29,30,35);4-5,9-10,12,14H,2-3,6-8,11H2,1H3,(H,27,32)(H,26,29,33);1-2,4,7,9,11,24H,3,5-6,8,10H2,(H,25,27,28,32)/t12-,13+;12-,14+;11-/m110/s1. The summed E-state index contributed by atoms with van der Waals surface area (Å²) in [5.41, 5.74) is 5.04. The second-order valence-corrected chi connectivity index (χ2v) is 25.0. The van der Waals surface area contributed by atoms with E-state index in [1.54, 1.807) is 61.1 Å². The van der Waals surface area contributed by atoms with Crippen molar-refractivity contribution >= 4 is 110 Å². The van der Waals surface area contributed by atoms with Crippen LogP contribution < -0.4 is 55.4 Å². The first-order valence-electron chi connectivity index (χ1n) is 32.1. The minimum absolute atomic E-state index is 0.0988. The Balaban J connectivity index is 0.000000136. The number of carbonyl (C=O) groups is 6. The van der Waals surface area contributed by atoms with Gasteiger partial charge in [-0.15, -0.1) is 0 Å². The third-order valence-electron chi connectivity index (χ3n) is 18.2. The first-order valence-corrected chi connectivity index (χ1v) is 32.1. The largest absolute Gasteiger partial charge is 0.492 e. The number of urea groups is 3. The number of rotatable bonds is 12. The summed E-state index contributed by atoms with van der Waals surface area (Å²) >= 11 is 0. The topological polar surface area (TPSA) is 334 Å². The van der Waals surface area contributed by atoms with Crippen LogP contribution in [0.4, 0.5) is 106 Å². The van der Waals surface area contributed by atoms with E-state index in [4.69, 9.17) is 9.84 Å². The average molecular weight is 1410 g/mol. The van der Waals surface area contributed by atoms with Gasteiger partial charge in [0, 0.05) is 64.0 Å². The fraction of sp³-hybridized carbons (Fsp3) is 0.406. The van der Waals surface area contributed by atoms with Gasteiger partial charge in [0.15, 0.2) is 40.5 Å². The van der Waals surface area contributed by atoms with Crippen molar-refractivity contribution in [3.05, 3.63) is 108 Å². The number of alkyl halides is 9. The number of aliphatic hydroxyl groups is 1. The summed E-state index contributed by atoms with van der Waals surface area (Å²) in [6.07, 6.45) is -7.98. The quantitative estimate of drug-likeness (QED) is 0.0442. The molecule has 7 aliphatic rings. The van der Waals surface area contributed by atoms with Gasteiger partial charge < -0.3 is 34.8 Å². The first kappa shape index (κ1) is 68.5. The van der Waals surface area contributed by atoms with E-state index in [9.17, 15) is 68.3 Å². The summed E-state index contributed by atoms with van der Waals surface area (Å²) < 4.78 is 121. The lowest BCUT2D eigenvalue weighted by atomic mass is 10.0. The van der Waals surface area contributed by atoms with E-state index in [0.29, 0.717) is 110 Å². The number of aliphatic hydroxyl groups excluding tert-OH is 1. The van der Waals surface area contributed by atoms with Gasteiger partial charge in [-0.3, -0.25) is 50.1 Å². The van der Waals surface area contributed by atoms with Gasteiger partial charge in [-0.05, 0) is 112 Å². The van der Waals surface area contributed by atoms with Gasteiger partial charge in [0.25, 0.3) is 5.91 Å². The van der Waals surface area contributed by atoms with Gasteiger partial charge in [-0.2, -0.15) is 44.6 Å². The minimum atomic E-state index is -4.71. The van der Waals surface area contributed by atoms with Gasteiger partial charge >= 0.3 is 36.6 Å². The van der Waals surface area contributed by atoms with Crippen LogP contribution in [0.3, 0.4) is 0 Å². The maximum atomic E-state index is 13.4. The molecular formula is C64H63F9N20O8. The molecule has 6 bridgehead atoms. The fourth-order valence-electron chi connectivity index (χ4n) is 13.0. The molecule has 7 N–H and O–H groups in total. The van der Waals surface area contributed by atoms with Gasteiger partial charge in [0.2, 0.25) is 5.95 Å². The predicted octanol–water partition coefficient (Wildman–Crippen LogP) is 9.66. The molecule has 8 aromatic rings. The van der Waals surface area contributed by atoms with Crippen LogP contribution in [0.5, 0.6) is 5.75 Å². The molecule has 15 heterocycles. The molecule has 0 radical (unpaired) electrons. The molecule has 3 fully saturated rings. The molecule has 15 rings (SSSR count). The van der Waals surface area contributed by atoms with Crippen LogP contribution in [0.15, 0.2) is 79.3 Å². The molecule has 0 saturated carbocycles. The zero-order valence-corrected chi connectivity index (χ0v) is 53.7. The van der Waals surface area contributed by atoms with E-state index in [-0.39, 0.29) is 64.4 Å². The second-order valence-electron chi connectivity index (χ2n) is 25.0. The summed E-state index contributed by atoms with van der Waals surface area (Å²) in [7, 11) is 0. The lowest BCUT2D eigenvalue weighted by Crippen LogP contribution is -2.49. The van der Waals surface area contributed by atoms with Crippen LogP contribution in [0.1, 0.15) is 94.6 Å². The highest BCUT2D eigenvalue weighted by Crippen LogP contribution is 2.43. The summed E-state index contributed by atoms with van der Waals surface area (Å²) in [6, 6.07) is 11.9. The molecule has 7 amide bonds. The number of hydrogen-bond acceptors (Lipinski definition) is 19. The number of anilines is 9. The molecular weight excluding hydrogens is 1350 g/mol. The SMILES string of the molecule is C[C@@H](NC(=O)c1ccc2c(n1)N(C(=O)Nc1cc3c(cn1)OCCC3)[C@H]1CCN2C1)C(F)(F)F.Cc1ccc2c(NC(=O)N3c4nc(C(=O)C[C@H](CO)C(F)(F)F)ccc4N4CC[C@H]3C4)n[nH]c2n1.O=C(CCC(F)(F)F)c1ccc2c(n1)N(C(=O)Nc1ncc3[nH]ccc3n1)[C@H]1CCN2C1. The molecule has 3 saturated heterocycles. The number of halogens is 9. The van der Waals surface area contributed by atoms with Crippen LogP contribution >= 0.6 is 0 Å². The van der Waals surface area contributed by atoms with Crippen LogP contribution in [-0.2, 0) is 6.42 Å². The summed E-state index contributed by atoms with van der Waals surface area (Å²) in [5.74, 6) is -2.59. The average Bonchev–Trinajstić information content (AvgIpc) is 1.69. The monoisotopic (exact) mass is 1410 g/mol. The fourth-order valence-corrected chi connectivity index (χ4v) is 13.0. The number of aromatic amines is 2. The number of amides is 7. The number of ether oxygens (including phenoxy) is 1. The predicted molar refractivity (Wildman–Crippen MR) is 348 cm³/mol. The Labute approximate surface area is 566 Å². The van der Waals surface area contributed by atoms with Crippen molar-refractivity contribution in [3.8, 4) is 5.75 Å². The van der Waals surface area contributed by atoms with Crippen LogP contribution in [-0.4, -0.2) is 186 Å². The smallest absolute Gasteiger partial charge is 0.408 e. The Morgan fingerprint density at radius 3 is 1.82 bits per heavy atom. The number of nitrogens with zero attached hydrogens (tertiary/aromatic N) is 14. The lowest BCUT2D eigenvalue weighted by Gasteiger charge is -2.35. The van der Waals surface area contributed by atoms with E-state index in [0.717, 1.165) is 36.5 Å². The van der Waals surface area contributed by atoms with Gasteiger partial charge in [-0.25, -0.2) is 49.3 Å². The molecule has 0 spiro atoms. The molecule has 0 unspecified atom stereocenters. The second kappa shape index (κ2) is 27.3. The van der Waals surface area contributed by atoms with E-state index < -0.39 is 91.9 Å². The Kier molecular flexibility index (Phi) is 18.5. The molecule has 0 aromatic carbocycles. The molecule has 8 aromatic heterocycles. The zero-order valence-electron chi connectivity index (χ0n) is 53.7. The Bertz CT molecular complexity index is 4550. The van der Waals surface area contributed by atoms with E-state index in [1.807, 2.05) is 26.9 Å². The molecule has 101 heavy (non-hydrogen) atoms. The van der Waals surface area contributed by atoms with Crippen LogP contribution in [0.2, 0.25) is 0 Å². The maximum Gasteiger partial charge on any atom is 0.408 e. The number of aromatic nitrogens is 10. The third kappa shape index (κ3) is 14.4. The van der Waals surface area contributed by atoms with Crippen molar-refractivity contribution in [1.82, 2.24) is 55.4 Å². The van der Waals surface area contributed by atoms with Crippen molar-refractivity contribution < 1.29 is 78.1 Å². The molecule has 28 nitrogen and oxygen atoms in total. The van der Waals surface area contributed by atoms with Crippen molar-refractivity contribution in [2.45, 2.75) is 108 Å². The summed E-state index contributed by atoms with van der Waals surface area (Å²) in [5, 5.41) is 26.8. The summed E-state index contributed by atoms with van der Waals surface area (Å²) in [4.78, 5) is 121. The molecule has 0 aliphatic carbocycles. The number of nitrogens with one attached hydrogen (secondary N) is 6. The van der Waals surface area contributed by atoms with Crippen LogP contribution in [0.25, 0.3) is 22.1 Å². The number of carbonyl (C=O) groups excluding carboxylic acids is 6. The van der Waals surface area contributed by atoms with Crippen molar-refractivity contribution in [3.63, 3.8) is 0 Å². The van der Waals surface area contributed by atoms with Crippen molar-refractivity contribution in [2.75, 3.05) is 97.8 Å². The number of ketones is 2. The number of hydrogen-bond donors (Lipinski definition) is 7. The van der Waals surface area contributed by atoms with E-state index in [1.165, 1.54) is 32.9 Å². The highest BCUT2D eigenvalue weighted by molar-refractivity contribution is 6.09. The number of H-pyrrole nitrogens is 2. The Morgan fingerprint density at radius 1 is 0.663 bits per heavy atom. The zero-order chi connectivity index (χ0) is 71.4. The Hall–Kier alpha value is -11.0. The van der Waals surface area contributed by atoms with Gasteiger partial charge in [-0.1, -0.05) is 0 Å². The van der Waals surface area contributed by atoms with E-state index in [2.05, 4.69) is 66.0 Å². The molecule has 7 aliphatic heterocycles. The maximum absolute atomic E-state index is 13.4. The Morgan fingerprint density at radius 2 is 1.24 bits per heavy atom. The number of fused-ring (bicyclic) bond motifs is 15. The van der Waals surface area contributed by atoms with E-state index >= 15 is 0 Å². The normalized spacial score (nSPS) is 18.4. The van der Waals surface area contributed by atoms with Crippen molar-refractivity contribution in [1.29, 1.82) is 0 Å². The highest BCUT2D eigenvalue weighted by Gasteiger charge is 2.46. The van der Waals surface area contributed by atoms with Crippen molar-refractivity contribution in [2.24, 2.45) is 5.92 Å². The highest BCUT2D eigenvalue weighted by atomic mass is 19.4. The first-order chi connectivity index (χ1) is 48.1. The molecule has 37 heteroatoms. The number of aryl methyl sites for hydroxylation is 2. The van der Waals surface area contributed by atoms with Crippen LogP contribution in [0, 0.1) is 12.8 Å². The van der Waals surface area contributed by atoms with Gasteiger partial charge in [0.05, 0.1) is 89.6 Å².